The van der Waals surface area contributed by atoms with Crippen LogP contribution in [0.15, 0.2) is 40.8 Å². The van der Waals surface area contributed by atoms with E-state index in [9.17, 15) is 4.79 Å². The molecule has 20 heavy (non-hydrogen) atoms. The van der Waals surface area contributed by atoms with Crippen LogP contribution in [0.4, 0.5) is 0 Å². The van der Waals surface area contributed by atoms with Crippen molar-refractivity contribution in [2.45, 2.75) is 25.2 Å². The standard InChI is InChI=1S/C15H15NO4/c1-19-10-7-5-9(6-8-10)13-14-11(17)3-2-4-12(14)20-15(13)16-18/h5-8,13,18H,2-4H2,1H3/b16-15+. The number of methoxy groups -OCH3 is 1. The Morgan fingerprint density at radius 2 is 2.05 bits per heavy atom. The predicted molar refractivity (Wildman–Crippen MR) is 71.9 cm³/mol. The van der Waals surface area contributed by atoms with E-state index in [1.54, 1.807) is 7.11 Å². The maximum Gasteiger partial charge on any atom is 0.242 e. The number of Topliss-reactive ketones (excluding diaryl/α,β-unsaturated/α-hetero) is 1. The maximum atomic E-state index is 12.1. The van der Waals surface area contributed by atoms with Crippen molar-refractivity contribution in [2.75, 3.05) is 7.11 Å². The van der Waals surface area contributed by atoms with Crippen molar-refractivity contribution >= 4 is 11.7 Å². The van der Waals surface area contributed by atoms with Crippen molar-refractivity contribution in [3.8, 4) is 5.75 Å². The summed E-state index contributed by atoms with van der Waals surface area (Å²) in [6, 6.07) is 7.35. The normalized spacial score (nSPS) is 23.8. The van der Waals surface area contributed by atoms with Gasteiger partial charge in [0.05, 0.1) is 18.6 Å². The number of allylic oxidation sites excluding steroid dienone is 1. The second kappa shape index (κ2) is 5.00. The third kappa shape index (κ3) is 1.95. The van der Waals surface area contributed by atoms with Crippen LogP contribution in [0.5, 0.6) is 5.75 Å². The lowest BCUT2D eigenvalue weighted by molar-refractivity contribution is -0.116. The Morgan fingerprint density at radius 3 is 2.70 bits per heavy atom. The van der Waals surface area contributed by atoms with Gasteiger partial charge in [-0.05, 0) is 24.1 Å². The molecule has 1 aromatic rings. The second-order valence-corrected chi connectivity index (χ2v) is 4.86. The SMILES string of the molecule is COc1ccc(C2C3=C(CCCC3=O)O/C2=N/O)cc1. The summed E-state index contributed by atoms with van der Waals surface area (Å²) in [5, 5.41) is 12.3. The highest BCUT2D eigenvalue weighted by Crippen LogP contribution is 2.41. The zero-order valence-corrected chi connectivity index (χ0v) is 11.1. The molecule has 0 saturated heterocycles. The summed E-state index contributed by atoms with van der Waals surface area (Å²) in [5.41, 5.74) is 1.49. The summed E-state index contributed by atoms with van der Waals surface area (Å²) in [7, 11) is 1.60. The summed E-state index contributed by atoms with van der Waals surface area (Å²) >= 11 is 0. The van der Waals surface area contributed by atoms with Crippen molar-refractivity contribution < 1.29 is 19.5 Å². The molecule has 0 fully saturated rings. The molecule has 0 radical (unpaired) electrons. The molecular weight excluding hydrogens is 258 g/mol. The minimum atomic E-state index is -0.409. The first-order valence-electron chi connectivity index (χ1n) is 6.54. The number of hydrogen-bond acceptors (Lipinski definition) is 5. The van der Waals surface area contributed by atoms with Gasteiger partial charge in [-0.3, -0.25) is 4.79 Å². The zero-order valence-electron chi connectivity index (χ0n) is 11.1. The molecule has 1 unspecified atom stereocenters. The molecule has 2 aliphatic rings. The zero-order chi connectivity index (χ0) is 14.1. The first-order chi connectivity index (χ1) is 9.74. The smallest absolute Gasteiger partial charge is 0.242 e. The molecule has 0 amide bonds. The number of ketones is 1. The Bertz CT molecular complexity index is 601. The Morgan fingerprint density at radius 1 is 1.30 bits per heavy atom. The molecule has 1 aliphatic carbocycles. The van der Waals surface area contributed by atoms with Gasteiger partial charge in [-0.15, -0.1) is 0 Å². The van der Waals surface area contributed by atoms with Crippen LogP contribution in [-0.2, 0) is 9.53 Å². The van der Waals surface area contributed by atoms with Crippen LogP contribution in [0.3, 0.4) is 0 Å². The summed E-state index contributed by atoms with van der Waals surface area (Å²) in [6.07, 6.45) is 2.02. The van der Waals surface area contributed by atoms with Crippen molar-refractivity contribution in [3.63, 3.8) is 0 Å². The first kappa shape index (κ1) is 12.7. The third-order valence-electron chi connectivity index (χ3n) is 3.72. The Balaban J connectivity index is 2.03. The van der Waals surface area contributed by atoms with Crippen LogP contribution in [0.1, 0.15) is 30.7 Å². The van der Waals surface area contributed by atoms with Gasteiger partial charge >= 0.3 is 0 Å². The fourth-order valence-electron chi connectivity index (χ4n) is 2.75. The lowest BCUT2D eigenvalue weighted by Crippen LogP contribution is -2.16. The lowest BCUT2D eigenvalue weighted by atomic mass is 9.84. The minimum absolute atomic E-state index is 0.0747. The van der Waals surface area contributed by atoms with Gasteiger partial charge in [-0.25, -0.2) is 0 Å². The summed E-state index contributed by atoms with van der Waals surface area (Å²) in [4.78, 5) is 12.1. The minimum Gasteiger partial charge on any atom is -0.497 e. The van der Waals surface area contributed by atoms with Gasteiger partial charge in [0.15, 0.2) is 5.78 Å². The average Bonchev–Trinajstić information content (AvgIpc) is 2.87. The van der Waals surface area contributed by atoms with Gasteiger partial charge in [0, 0.05) is 12.8 Å². The van der Waals surface area contributed by atoms with Gasteiger partial charge in [0.2, 0.25) is 5.90 Å². The van der Waals surface area contributed by atoms with Gasteiger partial charge in [0.25, 0.3) is 0 Å². The van der Waals surface area contributed by atoms with E-state index in [1.807, 2.05) is 24.3 Å². The number of benzene rings is 1. The molecule has 104 valence electrons. The van der Waals surface area contributed by atoms with Crippen molar-refractivity contribution in [2.24, 2.45) is 5.16 Å². The Kier molecular flexibility index (Phi) is 3.18. The molecule has 0 spiro atoms. The van der Waals surface area contributed by atoms with E-state index in [0.717, 1.165) is 17.7 Å². The predicted octanol–water partition coefficient (Wildman–Crippen LogP) is 2.60. The summed E-state index contributed by atoms with van der Waals surface area (Å²) in [5.74, 6) is 1.23. The topological polar surface area (TPSA) is 68.1 Å². The van der Waals surface area contributed by atoms with E-state index >= 15 is 0 Å². The van der Waals surface area contributed by atoms with E-state index in [4.69, 9.17) is 14.7 Å². The van der Waals surface area contributed by atoms with E-state index in [2.05, 4.69) is 5.16 Å². The Hall–Kier alpha value is -2.30. The first-order valence-corrected chi connectivity index (χ1v) is 6.54. The largest absolute Gasteiger partial charge is 0.497 e. The quantitative estimate of drug-likeness (QED) is 0.664. The average molecular weight is 273 g/mol. The molecule has 0 aromatic heterocycles. The molecule has 1 aliphatic heterocycles. The van der Waals surface area contributed by atoms with Crippen LogP contribution >= 0.6 is 0 Å². The highest BCUT2D eigenvalue weighted by atomic mass is 16.5. The van der Waals surface area contributed by atoms with Crippen LogP contribution in [0.2, 0.25) is 0 Å². The van der Waals surface area contributed by atoms with Crippen molar-refractivity contribution in [3.05, 3.63) is 41.2 Å². The number of rotatable bonds is 2. The second-order valence-electron chi connectivity index (χ2n) is 4.86. The van der Waals surface area contributed by atoms with E-state index < -0.39 is 5.92 Å². The van der Waals surface area contributed by atoms with E-state index in [1.165, 1.54) is 0 Å². The number of nitrogens with zero attached hydrogens (tertiary/aromatic N) is 1. The van der Waals surface area contributed by atoms with Crippen LogP contribution < -0.4 is 4.74 Å². The third-order valence-corrected chi connectivity index (χ3v) is 3.72. The fraction of sp³-hybridized carbons (Fsp3) is 0.333. The highest BCUT2D eigenvalue weighted by Gasteiger charge is 2.40. The molecule has 5 heteroatoms. The Labute approximate surface area is 116 Å². The molecule has 5 nitrogen and oxygen atoms in total. The molecule has 0 saturated carbocycles. The number of oxime groups is 1. The monoisotopic (exact) mass is 273 g/mol. The molecule has 1 atom stereocenters. The summed E-state index contributed by atoms with van der Waals surface area (Å²) < 4.78 is 10.7. The molecule has 0 bridgehead atoms. The lowest BCUT2D eigenvalue weighted by Gasteiger charge is -2.15. The molecule has 3 rings (SSSR count). The maximum absolute atomic E-state index is 12.1. The van der Waals surface area contributed by atoms with E-state index in [-0.39, 0.29) is 11.7 Å². The number of carbonyl (C=O) groups is 1. The van der Waals surface area contributed by atoms with Crippen LogP contribution in [0.25, 0.3) is 0 Å². The highest BCUT2D eigenvalue weighted by molar-refractivity contribution is 6.07. The van der Waals surface area contributed by atoms with Gasteiger partial charge in [0.1, 0.15) is 11.5 Å². The molecule has 1 heterocycles. The number of ether oxygens (including phenoxy) is 2. The van der Waals surface area contributed by atoms with Crippen LogP contribution in [-0.4, -0.2) is 24.0 Å². The van der Waals surface area contributed by atoms with E-state index in [0.29, 0.717) is 24.2 Å². The van der Waals surface area contributed by atoms with Crippen LogP contribution in [0, 0.1) is 0 Å². The van der Waals surface area contributed by atoms with Crippen molar-refractivity contribution in [1.82, 2.24) is 0 Å². The van der Waals surface area contributed by atoms with Crippen molar-refractivity contribution in [1.29, 1.82) is 0 Å². The molecule has 1 N–H and O–H groups in total. The molecule has 1 aromatic carbocycles. The number of hydrogen-bond donors (Lipinski definition) is 1. The fourth-order valence-corrected chi connectivity index (χ4v) is 2.75. The van der Waals surface area contributed by atoms with Gasteiger partial charge in [-0.1, -0.05) is 17.3 Å². The number of carbonyl (C=O) groups excluding carboxylic acids is 1. The molecular formula is C15H15NO4. The summed E-state index contributed by atoms with van der Waals surface area (Å²) in [6.45, 7) is 0. The van der Waals surface area contributed by atoms with Gasteiger partial charge < -0.3 is 14.7 Å². The van der Waals surface area contributed by atoms with Gasteiger partial charge in [-0.2, -0.15) is 0 Å².